The van der Waals surface area contributed by atoms with Gasteiger partial charge >= 0.3 is 7.32 Å². The van der Waals surface area contributed by atoms with E-state index in [1.165, 1.54) is 0 Å². The van der Waals surface area contributed by atoms with Gasteiger partial charge < -0.3 is 14.7 Å². The van der Waals surface area contributed by atoms with Crippen molar-refractivity contribution in [2.75, 3.05) is 0 Å². The Balaban J connectivity index is 2.26. The highest BCUT2D eigenvalue weighted by Crippen LogP contribution is 2.13. The van der Waals surface area contributed by atoms with E-state index in [0.29, 0.717) is 0 Å². The summed E-state index contributed by atoms with van der Waals surface area (Å²) in [5, 5.41) is 16.8. The fourth-order valence-corrected chi connectivity index (χ4v) is 1.05. The number of rotatable bonds is 2. The fraction of sp³-hybridized carbons (Fsp3) is 0.667. The average Bonchev–Trinajstić information content (AvgIpc) is 1.88. The van der Waals surface area contributed by atoms with Crippen LogP contribution in [0.2, 0.25) is 0 Å². The highest BCUT2D eigenvalue weighted by atomic mass is 16.6. The van der Waals surface area contributed by atoms with Gasteiger partial charge in [0.05, 0.1) is 6.10 Å². The lowest BCUT2D eigenvalue weighted by atomic mass is 10.0. The summed E-state index contributed by atoms with van der Waals surface area (Å²) in [5.41, 5.74) is 0. The summed E-state index contributed by atoms with van der Waals surface area (Å²) in [6.07, 6.45) is 6.77. The van der Waals surface area contributed by atoms with Crippen LogP contribution in [0.5, 0.6) is 0 Å². The van der Waals surface area contributed by atoms with Crippen LogP contribution in [0.25, 0.3) is 0 Å². The highest BCUT2D eigenvalue weighted by Gasteiger charge is 2.16. The van der Waals surface area contributed by atoms with Gasteiger partial charge in [-0.15, -0.1) is 0 Å². The Morgan fingerprint density at radius 1 is 1.50 bits per heavy atom. The first-order valence-corrected chi connectivity index (χ1v) is 3.47. The van der Waals surface area contributed by atoms with Crippen LogP contribution in [0, 0.1) is 0 Å². The van der Waals surface area contributed by atoms with Crippen molar-refractivity contribution in [1.82, 2.24) is 0 Å². The molecule has 1 unspecified atom stereocenters. The van der Waals surface area contributed by atoms with Gasteiger partial charge in [0.15, 0.2) is 0 Å². The normalized spacial score (nSPS) is 24.8. The van der Waals surface area contributed by atoms with E-state index in [0.717, 1.165) is 19.3 Å². The van der Waals surface area contributed by atoms with Crippen molar-refractivity contribution in [3.8, 4) is 0 Å². The van der Waals surface area contributed by atoms with Crippen LogP contribution in [0.4, 0.5) is 0 Å². The van der Waals surface area contributed by atoms with Crippen molar-refractivity contribution >= 4 is 7.32 Å². The predicted octanol–water partition coefficient (Wildman–Crippen LogP) is 0.0812. The summed E-state index contributed by atoms with van der Waals surface area (Å²) in [6, 6.07) is 0. The molecule has 56 valence electrons. The van der Waals surface area contributed by atoms with E-state index in [4.69, 9.17) is 14.7 Å². The van der Waals surface area contributed by atoms with Crippen LogP contribution in [0.1, 0.15) is 19.3 Å². The third-order valence-electron chi connectivity index (χ3n) is 1.51. The summed E-state index contributed by atoms with van der Waals surface area (Å²) in [7, 11) is -1.63. The number of allylic oxidation sites excluding steroid dienone is 1. The zero-order chi connectivity index (χ0) is 7.40. The molecule has 0 heterocycles. The maximum absolute atomic E-state index is 8.40. The third-order valence-corrected chi connectivity index (χ3v) is 1.51. The summed E-state index contributed by atoms with van der Waals surface area (Å²) < 4.78 is 4.72. The molecule has 0 saturated carbocycles. The molecular formula is C6H11BO3. The first-order valence-electron chi connectivity index (χ1n) is 3.47. The average molecular weight is 142 g/mol. The molecule has 1 rings (SSSR count). The molecule has 10 heavy (non-hydrogen) atoms. The van der Waals surface area contributed by atoms with Crippen molar-refractivity contribution in [1.29, 1.82) is 0 Å². The fourth-order valence-electron chi connectivity index (χ4n) is 1.05. The molecule has 0 aromatic rings. The van der Waals surface area contributed by atoms with Crippen molar-refractivity contribution in [2.45, 2.75) is 25.4 Å². The topological polar surface area (TPSA) is 49.7 Å². The van der Waals surface area contributed by atoms with Gasteiger partial charge in [-0.3, -0.25) is 0 Å². The van der Waals surface area contributed by atoms with E-state index in [1.54, 1.807) is 0 Å². The molecule has 2 N–H and O–H groups in total. The van der Waals surface area contributed by atoms with E-state index in [1.807, 2.05) is 12.2 Å². The van der Waals surface area contributed by atoms with Crippen LogP contribution < -0.4 is 0 Å². The minimum atomic E-state index is -1.63. The van der Waals surface area contributed by atoms with Gasteiger partial charge in [-0.2, -0.15) is 0 Å². The highest BCUT2D eigenvalue weighted by molar-refractivity contribution is 6.32. The molecule has 0 saturated heterocycles. The molecule has 0 radical (unpaired) electrons. The van der Waals surface area contributed by atoms with Gasteiger partial charge in [0.1, 0.15) is 0 Å². The minimum absolute atomic E-state index is 0.103. The van der Waals surface area contributed by atoms with E-state index in [9.17, 15) is 0 Å². The van der Waals surface area contributed by atoms with Gasteiger partial charge in [-0.1, -0.05) is 12.2 Å². The minimum Gasteiger partial charge on any atom is -0.402 e. The molecule has 0 spiro atoms. The van der Waals surface area contributed by atoms with E-state index in [2.05, 4.69) is 0 Å². The summed E-state index contributed by atoms with van der Waals surface area (Å²) in [6.45, 7) is 0. The molecule has 0 aliphatic heterocycles. The van der Waals surface area contributed by atoms with Crippen LogP contribution in [0.15, 0.2) is 12.2 Å². The van der Waals surface area contributed by atoms with Gasteiger partial charge in [-0.25, -0.2) is 0 Å². The molecule has 0 bridgehead atoms. The lowest BCUT2D eigenvalue weighted by molar-refractivity contribution is 0.137. The van der Waals surface area contributed by atoms with E-state index < -0.39 is 7.32 Å². The van der Waals surface area contributed by atoms with Crippen molar-refractivity contribution < 1.29 is 14.7 Å². The Kier molecular flexibility index (Phi) is 2.93. The quantitative estimate of drug-likeness (QED) is 0.424. The van der Waals surface area contributed by atoms with Crippen LogP contribution in [-0.4, -0.2) is 23.5 Å². The Bertz CT molecular complexity index is 124. The monoisotopic (exact) mass is 142 g/mol. The lowest BCUT2D eigenvalue weighted by Crippen LogP contribution is -2.25. The molecule has 0 amide bonds. The molecule has 0 fully saturated rings. The molecule has 4 heteroatoms. The smallest absolute Gasteiger partial charge is 0.402 e. The van der Waals surface area contributed by atoms with E-state index >= 15 is 0 Å². The Hall–Kier alpha value is -0.315. The van der Waals surface area contributed by atoms with Gasteiger partial charge in [0.25, 0.3) is 0 Å². The zero-order valence-corrected chi connectivity index (χ0v) is 5.73. The second-order valence-electron chi connectivity index (χ2n) is 2.36. The van der Waals surface area contributed by atoms with Crippen molar-refractivity contribution in [3.63, 3.8) is 0 Å². The third kappa shape index (κ3) is 2.52. The lowest BCUT2D eigenvalue weighted by Gasteiger charge is -2.16. The largest absolute Gasteiger partial charge is 0.634 e. The molecular weight excluding hydrogens is 131 g/mol. The standard InChI is InChI=1S/C6H11BO3/c8-7(9)10-6-4-2-1-3-5-6/h2,4,6,8-9H,1,3,5H2. The Labute approximate surface area is 60.5 Å². The molecule has 3 nitrogen and oxygen atoms in total. The summed E-state index contributed by atoms with van der Waals surface area (Å²) >= 11 is 0. The molecule has 1 aliphatic rings. The predicted molar refractivity (Wildman–Crippen MR) is 38.1 cm³/mol. The molecule has 1 atom stereocenters. The van der Waals surface area contributed by atoms with Crippen molar-refractivity contribution in [3.05, 3.63) is 12.2 Å². The number of hydrogen-bond acceptors (Lipinski definition) is 3. The second kappa shape index (κ2) is 3.76. The zero-order valence-electron chi connectivity index (χ0n) is 5.73. The maximum atomic E-state index is 8.40. The number of hydrogen-bond donors (Lipinski definition) is 2. The molecule has 1 aliphatic carbocycles. The van der Waals surface area contributed by atoms with Gasteiger partial charge in [0.2, 0.25) is 0 Å². The van der Waals surface area contributed by atoms with Crippen molar-refractivity contribution in [2.24, 2.45) is 0 Å². The van der Waals surface area contributed by atoms with Crippen LogP contribution >= 0.6 is 0 Å². The maximum Gasteiger partial charge on any atom is 0.634 e. The van der Waals surface area contributed by atoms with Crippen LogP contribution in [0.3, 0.4) is 0 Å². The Morgan fingerprint density at radius 2 is 2.30 bits per heavy atom. The molecule has 0 aromatic carbocycles. The first kappa shape index (κ1) is 7.79. The Morgan fingerprint density at radius 3 is 2.80 bits per heavy atom. The summed E-state index contributed by atoms with van der Waals surface area (Å²) in [4.78, 5) is 0. The SMILES string of the molecule is OB(O)OC1C=CCCC1. The van der Waals surface area contributed by atoms with Gasteiger partial charge in [0, 0.05) is 0 Å². The summed E-state index contributed by atoms with van der Waals surface area (Å²) in [5.74, 6) is 0. The first-order chi connectivity index (χ1) is 4.79. The van der Waals surface area contributed by atoms with Crippen LogP contribution in [-0.2, 0) is 4.65 Å². The van der Waals surface area contributed by atoms with E-state index in [-0.39, 0.29) is 6.10 Å². The second-order valence-corrected chi connectivity index (χ2v) is 2.36. The van der Waals surface area contributed by atoms with Gasteiger partial charge in [-0.05, 0) is 19.3 Å². The molecule has 0 aromatic heterocycles.